The van der Waals surface area contributed by atoms with E-state index in [1.54, 1.807) is 18.3 Å². The minimum Gasteiger partial charge on any atom is -0.507 e. The predicted octanol–water partition coefficient (Wildman–Crippen LogP) is 6.48. The first-order chi connectivity index (χ1) is 18.2. The Morgan fingerprint density at radius 1 is 1.03 bits per heavy atom. The van der Waals surface area contributed by atoms with Crippen LogP contribution in [0.3, 0.4) is 0 Å². The van der Waals surface area contributed by atoms with Crippen LogP contribution in [0.5, 0.6) is 11.5 Å². The normalized spacial score (nSPS) is 22.1. The summed E-state index contributed by atoms with van der Waals surface area (Å²) in [5, 5.41) is 19.3. The third-order valence-corrected chi connectivity index (χ3v) is 7.29. The van der Waals surface area contributed by atoms with E-state index >= 15 is 4.39 Å². The van der Waals surface area contributed by atoms with Crippen molar-refractivity contribution >= 4 is 5.82 Å². The number of halogens is 4. The summed E-state index contributed by atoms with van der Waals surface area (Å²) >= 11 is 0. The topological polar surface area (TPSA) is 84.3 Å². The number of hydrogen-bond acceptors (Lipinski definition) is 7. The van der Waals surface area contributed by atoms with Gasteiger partial charge in [0.1, 0.15) is 17.7 Å². The van der Waals surface area contributed by atoms with Crippen molar-refractivity contribution in [2.75, 3.05) is 4.90 Å². The highest BCUT2D eigenvalue weighted by Gasteiger charge is 2.41. The largest absolute Gasteiger partial charge is 0.573 e. The van der Waals surface area contributed by atoms with Crippen molar-refractivity contribution in [3.8, 4) is 34.0 Å². The van der Waals surface area contributed by atoms with Gasteiger partial charge in [-0.25, -0.2) is 9.37 Å². The van der Waals surface area contributed by atoms with Crippen molar-refractivity contribution in [2.45, 2.75) is 76.5 Å². The molecule has 0 unspecified atom stereocenters. The quantitative estimate of drug-likeness (QED) is 0.276. The number of anilines is 1. The van der Waals surface area contributed by atoms with E-state index in [9.17, 15) is 18.3 Å². The third-order valence-electron chi connectivity index (χ3n) is 7.29. The first kappa shape index (κ1) is 26.1. The zero-order valence-electron chi connectivity index (χ0n) is 20.9. The molecule has 0 spiro atoms. The number of hydrogen-bond donors (Lipinski definition) is 1. The van der Waals surface area contributed by atoms with Gasteiger partial charge in [0.2, 0.25) is 0 Å². The number of pyridine rings is 1. The molecule has 202 valence electrons. The Morgan fingerprint density at radius 3 is 2.50 bits per heavy atom. The van der Waals surface area contributed by atoms with E-state index in [0.29, 0.717) is 34.8 Å². The summed E-state index contributed by atoms with van der Waals surface area (Å²) in [7, 11) is 0. The van der Waals surface area contributed by atoms with Gasteiger partial charge in [-0.15, -0.1) is 23.4 Å². The number of benzene rings is 1. The van der Waals surface area contributed by atoms with Gasteiger partial charge in [-0.1, -0.05) is 32.3 Å². The minimum absolute atomic E-state index is 0.170. The van der Waals surface area contributed by atoms with E-state index < -0.39 is 18.3 Å². The van der Waals surface area contributed by atoms with Crippen molar-refractivity contribution in [1.82, 2.24) is 20.2 Å². The molecule has 2 aliphatic rings. The van der Waals surface area contributed by atoms with Gasteiger partial charge >= 0.3 is 6.36 Å². The van der Waals surface area contributed by atoms with Gasteiger partial charge < -0.3 is 14.7 Å². The van der Waals surface area contributed by atoms with E-state index in [4.69, 9.17) is 0 Å². The van der Waals surface area contributed by atoms with Crippen LogP contribution in [-0.4, -0.2) is 49.9 Å². The van der Waals surface area contributed by atoms with Crippen LogP contribution in [0.1, 0.15) is 51.9 Å². The average molecular weight is 532 g/mol. The molecule has 5 rings (SSSR count). The molecule has 2 saturated carbocycles. The molecule has 7 nitrogen and oxygen atoms in total. The zero-order valence-corrected chi connectivity index (χ0v) is 20.9. The van der Waals surface area contributed by atoms with Gasteiger partial charge in [0.05, 0.1) is 24.0 Å². The highest BCUT2D eigenvalue weighted by atomic mass is 19.4. The van der Waals surface area contributed by atoms with Crippen molar-refractivity contribution in [1.29, 1.82) is 0 Å². The van der Waals surface area contributed by atoms with Crippen molar-refractivity contribution in [3.05, 3.63) is 42.9 Å². The Morgan fingerprint density at radius 2 is 1.84 bits per heavy atom. The number of alkyl halides is 4. The smallest absolute Gasteiger partial charge is 0.507 e. The number of aromatic hydroxyl groups is 1. The summed E-state index contributed by atoms with van der Waals surface area (Å²) in [6, 6.07) is 5.72. The van der Waals surface area contributed by atoms with E-state index in [-0.39, 0.29) is 23.7 Å². The van der Waals surface area contributed by atoms with Crippen LogP contribution in [0, 0.1) is 5.92 Å². The average Bonchev–Trinajstić information content (AvgIpc) is 3.73. The van der Waals surface area contributed by atoms with Crippen LogP contribution in [-0.2, 0) is 0 Å². The van der Waals surface area contributed by atoms with Crippen molar-refractivity contribution in [2.24, 2.45) is 5.92 Å². The third kappa shape index (κ3) is 5.97. The molecule has 0 aliphatic heterocycles. The van der Waals surface area contributed by atoms with Crippen LogP contribution < -0.4 is 9.64 Å². The van der Waals surface area contributed by atoms with Crippen LogP contribution in [0.15, 0.2) is 42.9 Å². The number of nitrogens with zero attached hydrogens (tertiary/aromatic N) is 5. The molecular weight excluding hydrogens is 502 g/mol. The standard InChI is InChI=1S/C27H29F4N5O2/c1-2-16-4-3-5-22(28)23(10-16)36(19-7-8-19)25-15-33-26(35-34-25)21-9-6-17(12-24(21)37)18-11-20(14-32-13-18)38-27(29,30)31/h6,9,11-16,19,22-23,37H,2-5,7-8,10H2,1H3/t16-,22+,23-/m1/s1. The molecule has 1 aromatic carbocycles. The lowest BCUT2D eigenvalue weighted by molar-refractivity contribution is -0.274. The first-order valence-corrected chi connectivity index (χ1v) is 12.9. The number of rotatable bonds is 7. The predicted molar refractivity (Wildman–Crippen MR) is 133 cm³/mol. The first-order valence-electron chi connectivity index (χ1n) is 12.9. The summed E-state index contributed by atoms with van der Waals surface area (Å²) in [5.41, 5.74) is 1.08. The molecular formula is C27H29F4N5O2. The van der Waals surface area contributed by atoms with Crippen LogP contribution in [0.2, 0.25) is 0 Å². The molecule has 0 amide bonds. The Bertz CT molecular complexity index is 1250. The molecule has 3 aromatic rings. The fourth-order valence-corrected chi connectivity index (χ4v) is 5.22. The van der Waals surface area contributed by atoms with Crippen LogP contribution >= 0.6 is 0 Å². The molecule has 38 heavy (non-hydrogen) atoms. The van der Waals surface area contributed by atoms with Gasteiger partial charge in [0.15, 0.2) is 11.6 Å². The van der Waals surface area contributed by atoms with Gasteiger partial charge in [-0.05, 0) is 55.4 Å². The number of aromatic nitrogens is 4. The fourth-order valence-electron chi connectivity index (χ4n) is 5.22. The number of phenolic OH excluding ortho intramolecular Hbond substituents is 1. The summed E-state index contributed by atoms with van der Waals surface area (Å²) < 4.78 is 56.8. The molecule has 0 saturated heterocycles. The highest BCUT2D eigenvalue weighted by molar-refractivity contribution is 5.73. The Balaban J connectivity index is 1.37. The summed E-state index contributed by atoms with van der Waals surface area (Å²) in [4.78, 5) is 10.3. The fraction of sp³-hybridized carbons (Fsp3) is 0.481. The number of ether oxygens (including phenoxy) is 1. The minimum atomic E-state index is -4.84. The Labute approximate surface area is 217 Å². The Hall–Kier alpha value is -3.50. The highest BCUT2D eigenvalue weighted by Crippen LogP contribution is 2.39. The molecule has 3 atom stereocenters. The van der Waals surface area contributed by atoms with Gasteiger partial charge in [-0.3, -0.25) is 4.98 Å². The summed E-state index contributed by atoms with van der Waals surface area (Å²) in [6.07, 6.45) is 4.38. The second-order valence-corrected chi connectivity index (χ2v) is 9.99. The lowest BCUT2D eigenvalue weighted by Gasteiger charge is -2.35. The van der Waals surface area contributed by atoms with Crippen LogP contribution in [0.25, 0.3) is 22.5 Å². The van der Waals surface area contributed by atoms with E-state index in [1.807, 2.05) is 0 Å². The molecule has 11 heteroatoms. The van der Waals surface area contributed by atoms with E-state index in [0.717, 1.165) is 44.7 Å². The zero-order chi connectivity index (χ0) is 26.9. The maximum absolute atomic E-state index is 15.2. The van der Waals surface area contributed by atoms with Crippen LogP contribution in [0.4, 0.5) is 23.4 Å². The molecule has 2 aromatic heterocycles. The van der Waals surface area contributed by atoms with Crippen molar-refractivity contribution in [3.63, 3.8) is 0 Å². The molecule has 2 heterocycles. The Kier molecular flexibility index (Phi) is 7.36. The lowest BCUT2D eigenvalue weighted by atomic mass is 9.94. The van der Waals surface area contributed by atoms with E-state index in [1.165, 1.54) is 18.3 Å². The molecule has 2 aliphatic carbocycles. The molecule has 0 radical (unpaired) electrons. The maximum Gasteiger partial charge on any atom is 0.573 e. The second-order valence-electron chi connectivity index (χ2n) is 9.99. The maximum atomic E-state index is 15.2. The second kappa shape index (κ2) is 10.7. The molecule has 0 bridgehead atoms. The lowest BCUT2D eigenvalue weighted by Crippen LogP contribution is -2.44. The van der Waals surface area contributed by atoms with Gasteiger partial charge in [0.25, 0.3) is 0 Å². The molecule has 1 N–H and O–H groups in total. The van der Waals surface area contributed by atoms with E-state index in [2.05, 4.69) is 36.7 Å². The van der Waals surface area contributed by atoms with Gasteiger partial charge in [-0.2, -0.15) is 0 Å². The summed E-state index contributed by atoms with van der Waals surface area (Å²) in [5.74, 6) is 0.566. The van der Waals surface area contributed by atoms with Gasteiger partial charge in [0, 0.05) is 17.8 Å². The summed E-state index contributed by atoms with van der Waals surface area (Å²) in [6.45, 7) is 2.15. The molecule has 2 fully saturated rings. The SMILES string of the molecule is CC[C@@H]1CCC[C@H](F)[C@H](N(c2cnc(-c3ccc(-c4cncc(OC(F)(F)F)c4)cc3O)nn2)C2CC2)C1. The van der Waals surface area contributed by atoms with Crippen molar-refractivity contribution < 1.29 is 27.4 Å². The monoisotopic (exact) mass is 531 g/mol. The number of phenols is 1.